The van der Waals surface area contributed by atoms with Crippen molar-refractivity contribution < 1.29 is 4.79 Å². The van der Waals surface area contributed by atoms with E-state index in [1.165, 1.54) is 0 Å². The Bertz CT molecular complexity index is 668. The van der Waals surface area contributed by atoms with Crippen molar-refractivity contribution in [2.24, 2.45) is 0 Å². The van der Waals surface area contributed by atoms with Crippen LogP contribution >= 0.6 is 0 Å². The summed E-state index contributed by atoms with van der Waals surface area (Å²) in [4.78, 5) is 12.3. The van der Waals surface area contributed by atoms with Crippen LogP contribution in [0.1, 0.15) is 10.4 Å². The second-order valence-electron chi connectivity index (χ2n) is 4.39. The van der Waals surface area contributed by atoms with Crippen LogP contribution in [0.15, 0.2) is 66.9 Å². The second-order valence-corrected chi connectivity index (χ2v) is 4.39. The molecule has 3 heteroatoms. The van der Waals surface area contributed by atoms with E-state index in [1.807, 2.05) is 66.9 Å². The van der Waals surface area contributed by atoms with Gasteiger partial charge in [-0.25, -0.2) is 0 Å². The number of hydrazine groups is 1. The normalized spacial score (nSPS) is 13.8. The van der Waals surface area contributed by atoms with Crippen molar-refractivity contribution in [1.82, 2.24) is 10.4 Å². The number of carbonyl (C=O) groups is 1. The van der Waals surface area contributed by atoms with Crippen LogP contribution in [0.4, 0.5) is 0 Å². The zero-order chi connectivity index (χ0) is 13.1. The summed E-state index contributed by atoms with van der Waals surface area (Å²) in [6.45, 7) is 0.688. The van der Waals surface area contributed by atoms with Gasteiger partial charge >= 0.3 is 0 Å². The SMILES string of the molecule is O=C(NN1C=CC=CC1)c1cccc2ccccc12. The minimum atomic E-state index is -0.0863. The van der Waals surface area contributed by atoms with E-state index in [2.05, 4.69) is 5.43 Å². The maximum absolute atomic E-state index is 12.3. The molecule has 2 aromatic carbocycles. The third kappa shape index (κ3) is 2.36. The number of fused-ring (bicyclic) bond motifs is 1. The van der Waals surface area contributed by atoms with Crippen molar-refractivity contribution in [3.05, 3.63) is 72.5 Å². The van der Waals surface area contributed by atoms with Gasteiger partial charge in [0.2, 0.25) is 0 Å². The van der Waals surface area contributed by atoms with Crippen molar-refractivity contribution in [2.75, 3.05) is 6.54 Å². The number of nitrogens with one attached hydrogen (secondary N) is 1. The lowest BCUT2D eigenvalue weighted by atomic mass is 10.0. The Hall–Kier alpha value is -2.55. The molecule has 3 rings (SSSR count). The van der Waals surface area contributed by atoms with Gasteiger partial charge in [-0.05, 0) is 22.9 Å². The van der Waals surface area contributed by atoms with Crippen molar-refractivity contribution in [1.29, 1.82) is 0 Å². The highest BCUT2D eigenvalue weighted by atomic mass is 16.2. The fourth-order valence-electron chi connectivity index (χ4n) is 2.16. The first-order valence-corrected chi connectivity index (χ1v) is 6.23. The first-order valence-electron chi connectivity index (χ1n) is 6.23. The van der Waals surface area contributed by atoms with Crippen LogP contribution in [-0.4, -0.2) is 17.5 Å². The maximum Gasteiger partial charge on any atom is 0.270 e. The fourth-order valence-corrected chi connectivity index (χ4v) is 2.16. The molecule has 2 aromatic rings. The van der Waals surface area contributed by atoms with Crippen LogP contribution in [0, 0.1) is 0 Å². The van der Waals surface area contributed by atoms with E-state index in [4.69, 9.17) is 0 Å². The summed E-state index contributed by atoms with van der Waals surface area (Å²) in [5.74, 6) is -0.0863. The highest BCUT2D eigenvalue weighted by Crippen LogP contribution is 2.18. The Labute approximate surface area is 111 Å². The first kappa shape index (κ1) is 11.5. The van der Waals surface area contributed by atoms with Gasteiger partial charge in [0, 0.05) is 11.8 Å². The molecule has 0 saturated carbocycles. The van der Waals surface area contributed by atoms with Gasteiger partial charge in [-0.15, -0.1) is 0 Å². The topological polar surface area (TPSA) is 32.3 Å². The Morgan fingerprint density at radius 3 is 2.74 bits per heavy atom. The summed E-state index contributed by atoms with van der Waals surface area (Å²) in [5, 5.41) is 3.81. The molecule has 0 radical (unpaired) electrons. The first-order chi connectivity index (χ1) is 9.34. The van der Waals surface area contributed by atoms with Crippen LogP contribution in [0.25, 0.3) is 10.8 Å². The van der Waals surface area contributed by atoms with Gasteiger partial charge < -0.3 is 0 Å². The monoisotopic (exact) mass is 250 g/mol. The van der Waals surface area contributed by atoms with Crippen molar-refractivity contribution in [3.63, 3.8) is 0 Å². The molecule has 3 nitrogen and oxygen atoms in total. The fraction of sp³-hybridized carbons (Fsp3) is 0.0625. The standard InChI is InChI=1S/C16H14N2O/c19-16(17-18-11-4-1-5-12-18)15-10-6-8-13-7-2-3-9-14(13)15/h1-11H,12H2,(H,17,19). The molecule has 1 aliphatic rings. The van der Waals surface area contributed by atoms with Crippen molar-refractivity contribution >= 4 is 16.7 Å². The molecule has 0 aliphatic carbocycles. The van der Waals surface area contributed by atoms with Gasteiger partial charge in [0.05, 0.1) is 6.54 Å². The molecule has 19 heavy (non-hydrogen) atoms. The van der Waals surface area contributed by atoms with Gasteiger partial charge in [-0.3, -0.25) is 15.2 Å². The quantitative estimate of drug-likeness (QED) is 0.888. The van der Waals surface area contributed by atoms with E-state index in [-0.39, 0.29) is 5.91 Å². The highest BCUT2D eigenvalue weighted by molar-refractivity contribution is 6.06. The number of amides is 1. The Balaban J connectivity index is 1.89. The van der Waals surface area contributed by atoms with Crippen molar-refractivity contribution in [2.45, 2.75) is 0 Å². The third-order valence-electron chi connectivity index (χ3n) is 3.09. The summed E-state index contributed by atoms with van der Waals surface area (Å²) >= 11 is 0. The predicted molar refractivity (Wildman–Crippen MR) is 76.4 cm³/mol. The van der Waals surface area contributed by atoms with Crippen molar-refractivity contribution in [3.8, 4) is 0 Å². The average molecular weight is 250 g/mol. The number of allylic oxidation sites excluding steroid dienone is 2. The van der Waals surface area contributed by atoms with E-state index in [1.54, 1.807) is 5.01 Å². The van der Waals surface area contributed by atoms with Crippen LogP contribution in [0.2, 0.25) is 0 Å². The van der Waals surface area contributed by atoms with Gasteiger partial charge in [0.15, 0.2) is 0 Å². The molecule has 0 fully saturated rings. The smallest absolute Gasteiger partial charge is 0.270 e. The molecule has 0 spiro atoms. The molecule has 0 atom stereocenters. The van der Waals surface area contributed by atoms with E-state index < -0.39 is 0 Å². The molecular formula is C16H14N2O. The lowest BCUT2D eigenvalue weighted by molar-refractivity contribution is 0.0862. The average Bonchev–Trinajstić information content (AvgIpc) is 2.47. The molecule has 0 saturated heterocycles. The maximum atomic E-state index is 12.3. The van der Waals surface area contributed by atoms with Crippen LogP contribution < -0.4 is 5.43 Å². The molecule has 1 heterocycles. The zero-order valence-corrected chi connectivity index (χ0v) is 10.4. The number of carbonyl (C=O) groups excluding carboxylic acids is 1. The lowest BCUT2D eigenvalue weighted by Crippen LogP contribution is -2.39. The third-order valence-corrected chi connectivity index (χ3v) is 3.09. The molecule has 0 bridgehead atoms. The number of rotatable bonds is 2. The van der Waals surface area contributed by atoms with Crippen LogP contribution in [-0.2, 0) is 0 Å². The molecule has 1 aliphatic heterocycles. The number of hydrogen-bond donors (Lipinski definition) is 1. The van der Waals surface area contributed by atoms with E-state index in [9.17, 15) is 4.79 Å². The number of benzene rings is 2. The van der Waals surface area contributed by atoms with Crippen LogP contribution in [0.3, 0.4) is 0 Å². The van der Waals surface area contributed by atoms with E-state index >= 15 is 0 Å². The Morgan fingerprint density at radius 2 is 1.89 bits per heavy atom. The van der Waals surface area contributed by atoms with E-state index in [0.717, 1.165) is 10.8 Å². The Morgan fingerprint density at radius 1 is 1.05 bits per heavy atom. The number of nitrogens with zero attached hydrogens (tertiary/aromatic N) is 1. The molecule has 1 amide bonds. The summed E-state index contributed by atoms with van der Waals surface area (Å²) in [5.41, 5.74) is 3.58. The molecule has 0 aromatic heterocycles. The zero-order valence-electron chi connectivity index (χ0n) is 10.4. The van der Waals surface area contributed by atoms with Gasteiger partial charge in [-0.2, -0.15) is 0 Å². The minimum absolute atomic E-state index is 0.0863. The predicted octanol–water partition coefficient (Wildman–Crippen LogP) is 2.87. The summed E-state index contributed by atoms with van der Waals surface area (Å²) in [6, 6.07) is 13.7. The number of hydrogen-bond acceptors (Lipinski definition) is 2. The minimum Gasteiger partial charge on any atom is -0.289 e. The molecule has 1 N–H and O–H groups in total. The highest BCUT2D eigenvalue weighted by Gasteiger charge is 2.11. The summed E-state index contributed by atoms with van der Waals surface area (Å²) in [7, 11) is 0. The summed E-state index contributed by atoms with van der Waals surface area (Å²) < 4.78 is 0. The van der Waals surface area contributed by atoms with Gasteiger partial charge in [0.25, 0.3) is 5.91 Å². The molecule has 94 valence electrons. The molecular weight excluding hydrogens is 236 g/mol. The second kappa shape index (κ2) is 4.98. The molecule has 0 unspecified atom stereocenters. The largest absolute Gasteiger partial charge is 0.289 e. The van der Waals surface area contributed by atoms with E-state index in [0.29, 0.717) is 12.1 Å². The van der Waals surface area contributed by atoms with Crippen LogP contribution in [0.5, 0.6) is 0 Å². The summed E-state index contributed by atoms with van der Waals surface area (Å²) in [6.07, 6.45) is 7.69. The van der Waals surface area contributed by atoms with Gasteiger partial charge in [0.1, 0.15) is 0 Å². The van der Waals surface area contributed by atoms with Gasteiger partial charge in [-0.1, -0.05) is 48.6 Å². The Kier molecular flexibility index (Phi) is 3.02. The lowest BCUT2D eigenvalue weighted by Gasteiger charge is -2.21.